The molecule has 0 fully saturated rings. The topological polar surface area (TPSA) is 16.4 Å². The number of furan rings is 1. The number of nitrogens with zero attached hydrogens (tertiary/aromatic N) is 1. The molecule has 180 valence electrons. The molecule has 0 spiro atoms. The van der Waals surface area contributed by atoms with Crippen LogP contribution in [0.4, 0.5) is 17.1 Å². The molecule has 0 unspecified atom stereocenters. The van der Waals surface area contributed by atoms with E-state index in [0.717, 1.165) is 49.4 Å². The van der Waals surface area contributed by atoms with Crippen molar-refractivity contribution in [1.29, 1.82) is 0 Å². The third kappa shape index (κ3) is 3.26. The van der Waals surface area contributed by atoms with E-state index in [1.807, 2.05) is 18.2 Å². The zero-order valence-electron chi connectivity index (χ0n) is 20.2. The summed E-state index contributed by atoms with van der Waals surface area (Å²) in [6, 6.07) is 42.5. The number of halogens is 1. The minimum atomic E-state index is 0.798. The molecule has 0 bridgehead atoms. The summed E-state index contributed by atoms with van der Waals surface area (Å²) < 4.78 is 8.57. The van der Waals surface area contributed by atoms with Crippen LogP contribution in [0.1, 0.15) is 0 Å². The van der Waals surface area contributed by atoms with Gasteiger partial charge in [-0.1, -0.05) is 72.3 Å². The Labute approximate surface area is 227 Å². The molecule has 2 aromatic heterocycles. The lowest BCUT2D eigenvalue weighted by Crippen LogP contribution is -2.09. The summed E-state index contributed by atoms with van der Waals surface area (Å²) in [6.07, 6.45) is 0. The van der Waals surface area contributed by atoms with Crippen LogP contribution in [-0.4, -0.2) is 0 Å². The summed E-state index contributed by atoms with van der Waals surface area (Å²) in [7, 11) is 0. The summed E-state index contributed by atoms with van der Waals surface area (Å²) in [4.78, 5) is 2.32. The van der Waals surface area contributed by atoms with E-state index in [4.69, 9.17) is 16.0 Å². The Kier molecular flexibility index (Phi) is 4.78. The lowest BCUT2D eigenvalue weighted by Gasteiger charge is -2.25. The number of anilines is 3. The first-order chi connectivity index (χ1) is 18.7. The van der Waals surface area contributed by atoms with E-state index in [2.05, 4.69) is 108 Å². The van der Waals surface area contributed by atoms with Crippen molar-refractivity contribution in [2.75, 3.05) is 4.90 Å². The average molecular weight is 526 g/mol. The maximum atomic E-state index is 6.68. The molecule has 0 aliphatic rings. The van der Waals surface area contributed by atoms with Gasteiger partial charge in [-0.05, 0) is 66.0 Å². The zero-order valence-corrected chi connectivity index (χ0v) is 21.8. The second-order valence-corrected chi connectivity index (χ2v) is 11.0. The summed E-state index contributed by atoms with van der Waals surface area (Å²) in [5.74, 6) is 0. The molecule has 0 saturated heterocycles. The molecule has 0 N–H and O–H groups in total. The molecule has 0 aliphatic heterocycles. The van der Waals surface area contributed by atoms with Crippen LogP contribution in [0.25, 0.3) is 52.9 Å². The van der Waals surface area contributed by atoms with Crippen LogP contribution < -0.4 is 4.90 Å². The van der Waals surface area contributed by atoms with Gasteiger partial charge in [0, 0.05) is 58.4 Å². The van der Waals surface area contributed by atoms with E-state index in [1.165, 1.54) is 25.6 Å². The Morgan fingerprint density at radius 3 is 2.00 bits per heavy atom. The summed E-state index contributed by atoms with van der Waals surface area (Å²) >= 11 is 8.47. The van der Waals surface area contributed by atoms with Gasteiger partial charge in [0.1, 0.15) is 11.2 Å². The molecule has 2 heterocycles. The first kappa shape index (κ1) is 21.7. The van der Waals surface area contributed by atoms with E-state index in [0.29, 0.717) is 0 Å². The Bertz CT molecular complexity index is 2160. The highest BCUT2D eigenvalue weighted by Crippen LogP contribution is 2.45. The van der Waals surface area contributed by atoms with Gasteiger partial charge in [0.05, 0.1) is 0 Å². The predicted octanol–water partition coefficient (Wildman–Crippen LogP) is 11.2. The van der Waals surface area contributed by atoms with E-state index in [9.17, 15) is 0 Å². The Balaban J connectivity index is 1.40. The van der Waals surface area contributed by atoms with Crippen molar-refractivity contribution in [3.63, 3.8) is 0 Å². The van der Waals surface area contributed by atoms with Crippen molar-refractivity contribution >= 4 is 92.9 Å². The first-order valence-electron chi connectivity index (χ1n) is 12.5. The van der Waals surface area contributed by atoms with Crippen LogP contribution in [0.15, 0.2) is 126 Å². The lowest BCUT2D eigenvalue weighted by atomic mass is 10.0. The smallest absolute Gasteiger partial charge is 0.135 e. The van der Waals surface area contributed by atoms with Gasteiger partial charge in [0.2, 0.25) is 0 Å². The van der Waals surface area contributed by atoms with E-state index >= 15 is 0 Å². The molecule has 8 aromatic rings. The molecule has 6 aromatic carbocycles. The lowest BCUT2D eigenvalue weighted by molar-refractivity contribution is 0.669. The number of benzene rings is 6. The highest BCUT2D eigenvalue weighted by molar-refractivity contribution is 7.26. The standard InChI is InChI=1S/C34H20ClNOS/c35-29-20-33-34(26-12-5-4-10-24(26)29)28-19-23(15-17-32(28)38-33)36(21-8-2-1-3-9-21)22-14-16-31-27(18-22)25-11-6-7-13-30(25)37-31/h1-20H. The van der Waals surface area contributed by atoms with Crippen LogP contribution in [-0.2, 0) is 0 Å². The normalized spacial score (nSPS) is 11.8. The SMILES string of the molecule is Clc1cc2sc3ccc(N(c4ccccc4)c4ccc5oc6ccccc6c5c4)cc3c2c2ccccc12. The van der Waals surface area contributed by atoms with Crippen LogP contribution >= 0.6 is 22.9 Å². The van der Waals surface area contributed by atoms with Gasteiger partial charge in [0.15, 0.2) is 0 Å². The van der Waals surface area contributed by atoms with Gasteiger partial charge in [-0.15, -0.1) is 11.3 Å². The molecule has 0 aliphatic carbocycles. The monoisotopic (exact) mass is 525 g/mol. The summed E-state index contributed by atoms with van der Waals surface area (Å²) in [5.41, 5.74) is 5.09. The van der Waals surface area contributed by atoms with Crippen LogP contribution in [0, 0.1) is 0 Å². The average Bonchev–Trinajstić information content (AvgIpc) is 3.51. The number of fused-ring (bicyclic) bond motifs is 8. The fourth-order valence-electron chi connectivity index (χ4n) is 5.60. The second-order valence-electron chi connectivity index (χ2n) is 9.51. The predicted molar refractivity (Wildman–Crippen MR) is 164 cm³/mol. The molecule has 0 atom stereocenters. The van der Waals surface area contributed by atoms with E-state index < -0.39 is 0 Å². The molecule has 4 heteroatoms. The van der Waals surface area contributed by atoms with Crippen molar-refractivity contribution in [3.8, 4) is 0 Å². The maximum Gasteiger partial charge on any atom is 0.135 e. The molecular formula is C34H20ClNOS. The molecule has 2 nitrogen and oxygen atoms in total. The Morgan fingerprint density at radius 2 is 1.16 bits per heavy atom. The quantitative estimate of drug-likeness (QED) is 0.228. The van der Waals surface area contributed by atoms with Gasteiger partial charge in [-0.3, -0.25) is 0 Å². The number of thiophene rings is 1. The molecule has 38 heavy (non-hydrogen) atoms. The summed E-state index contributed by atoms with van der Waals surface area (Å²) in [6.45, 7) is 0. The van der Waals surface area contributed by atoms with Gasteiger partial charge < -0.3 is 9.32 Å². The van der Waals surface area contributed by atoms with Crippen LogP contribution in [0.2, 0.25) is 5.02 Å². The van der Waals surface area contributed by atoms with Crippen molar-refractivity contribution in [2.45, 2.75) is 0 Å². The van der Waals surface area contributed by atoms with E-state index in [1.54, 1.807) is 11.3 Å². The fourth-order valence-corrected chi connectivity index (χ4v) is 7.08. The van der Waals surface area contributed by atoms with Crippen molar-refractivity contribution < 1.29 is 4.42 Å². The number of hydrogen-bond acceptors (Lipinski definition) is 3. The first-order valence-corrected chi connectivity index (χ1v) is 13.7. The number of para-hydroxylation sites is 2. The number of hydrogen-bond donors (Lipinski definition) is 0. The third-order valence-corrected chi connectivity index (χ3v) is 8.73. The van der Waals surface area contributed by atoms with Gasteiger partial charge in [0.25, 0.3) is 0 Å². The highest BCUT2D eigenvalue weighted by Gasteiger charge is 2.18. The molecule has 0 saturated carbocycles. The molecule has 0 amide bonds. The highest BCUT2D eigenvalue weighted by atomic mass is 35.5. The van der Waals surface area contributed by atoms with Crippen molar-refractivity contribution in [1.82, 2.24) is 0 Å². The summed E-state index contributed by atoms with van der Waals surface area (Å²) in [5, 5.41) is 7.82. The van der Waals surface area contributed by atoms with Gasteiger partial charge in [-0.25, -0.2) is 0 Å². The van der Waals surface area contributed by atoms with Crippen molar-refractivity contribution in [3.05, 3.63) is 126 Å². The van der Waals surface area contributed by atoms with Crippen LogP contribution in [0.3, 0.4) is 0 Å². The Morgan fingerprint density at radius 1 is 0.500 bits per heavy atom. The molecular weight excluding hydrogens is 506 g/mol. The van der Waals surface area contributed by atoms with Gasteiger partial charge in [-0.2, -0.15) is 0 Å². The van der Waals surface area contributed by atoms with Crippen molar-refractivity contribution in [2.24, 2.45) is 0 Å². The molecule has 0 radical (unpaired) electrons. The largest absolute Gasteiger partial charge is 0.456 e. The maximum absolute atomic E-state index is 6.68. The zero-order chi connectivity index (χ0) is 25.2. The minimum absolute atomic E-state index is 0.798. The van der Waals surface area contributed by atoms with E-state index in [-0.39, 0.29) is 0 Å². The minimum Gasteiger partial charge on any atom is -0.456 e. The fraction of sp³-hybridized carbons (Fsp3) is 0. The molecule has 8 rings (SSSR count). The Hall–Kier alpha value is -4.31. The van der Waals surface area contributed by atoms with Crippen LogP contribution in [0.5, 0.6) is 0 Å². The van der Waals surface area contributed by atoms with Gasteiger partial charge >= 0.3 is 0 Å². The second kappa shape index (κ2) is 8.35. The third-order valence-electron chi connectivity index (χ3n) is 7.30. The number of rotatable bonds is 3.